The smallest absolute Gasteiger partial charge is 0.254 e. The maximum absolute atomic E-state index is 13.0. The summed E-state index contributed by atoms with van der Waals surface area (Å²) >= 11 is 0. The summed E-state index contributed by atoms with van der Waals surface area (Å²) in [5, 5.41) is 7.25. The number of nitrogens with zero attached hydrogens (tertiary/aromatic N) is 3. The minimum Gasteiger partial charge on any atom is -0.355 e. The third-order valence-corrected chi connectivity index (χ3v) is 4.60. The van der Waals surface area contributed by atoms with E-state index in [1.165, 1.54) is 0 Å². The molecule has 138 valence electrons. The second-order valence-corrected chi connectivity index (χ2v) is 6.75. The third-order valence-electron chi connectivity index (χ3n) is 4.60. The molecule has 3 N–H and O–H groups in total. The summed E-state index contributed by atoms with van der Waals surface area (Å²) in [6.45, 7) is 6.67. The first-order valence-electron chi connectivity index (χ1n) is 8.88. The van der Waals surface area contributed by atoms with Crippen molar-refractivity contribution in [2.75, 3.05) is 13.1 Å². The molecule has 2 aromatic rings. The molecule has 7 heteroatoms. The Morgan fingerprint density at radius 3 is 2.73 bits per heavy atom. The Hall–Kier alpha value is -2.67. The maximum atomic E-state index is 13.0. The van der Waals surface area contributed by atoms with Gasteiger partial charge in [0.2, 0.25) is 5.91 Å². The normalized spacial score (nSPS) is 19.6. The Bertz CT molecular complexity index is 829. The van der Waals surface area contributed by atoms with E-state index in [0.29, 0.717) is 25.1 Å². The third kappa shape index (κ3) is 3.48. The molecule has 26 heavy (non-hydrogen) atoms. The fourth-order valence-corrected chi connectivity index (χ4v) is 3.46. The summed E-state index contributed by atoms with van der Waals surface area (Å²) in [7, 11) is 0. The van der Waals surface area contributed by atoms with Crippen molar-refractivity contribution >= 4 is 11.8 Å². The van der Waals surface area contributed by atoms with Crippen molar-refractivity contribution in [1.82, 2.24) is 20.0 Å². The second-order valence-electron chi connectivity index (χ2n) is 6.75. The molecular formula is C19H25N5O2. The molecule has 1 aliphatic heterocycles. The quantitative estimate of drug-likeness (QED) is 0.861. The van der Waals surface area contributed by atoms with Crippen molar-refractivity contribution in [2.24, 2.45) is 5.73 Å². The van der Waals surface area contributed by atoms with Crippen LogP contribution in [0.15, 0.2) is 30.3 Å². The molecule has 1 fully saturated rings. The first-order chi connectivity index (χ1) is 12.4. The lowest BCUT2D eigenvalue weighted by atomic mass is 10.1. The van der Waals surface area contributed by atoms with E-state index in [2.05, 4.69) is 10.4 Å². The Morgan fingerprint density at radius 1 is 1.31 bits per heavy atom. The zero-order chi connectivity index (χ0) is 18.8. The van der Waals surface area contributed by atoms with E-state index < -0.39 is 6.04 Å². The van der Waals surface area contributed by atoms with Crippen LogP contribution in [0.2, 0.25) is 0 Å². The van der Waals surface area contributed by atoms with Crippen molar-refractivity contribution in [1.29, 1.82) is 0 Å². The lowest BCUT2D eigenvalue weighted by Gasteiger charge is -2.24. The zero-order valence-electron chi connectivity index (χ0n) is 15.4. The fraction of sp³-hybridized carbons (Fsp3) is 0.421. The largest absolute Gasteiger partial charge is 0.355 e. The number of nitrogens with one attached hydrogen (secondary N) is 1. The number of rotatable bonds is 4. The molecule has 2 amide bonds. The van der Waals surface area contributed by atoms with Crippen LogP contribution in [0, 0.1) is 13.8 Å². The van der Waals surface area contributed by atoms with Gasteiger partial charge in [0.25, 0.3) is 5.91 Å². The molecule has 0 saturated carbocycles. The lowest BCUT2D eigenvalue weighted by Crippen LogP contribution is -2.46. The topological polar surface area (TPSA) is 93.3 Å². The molecule has 1 aliphatic rings. The van der Waals surface area contributed by atoms with E-state index in [1.54, 1.807) is 17.0 Å². The van der Waals surface area contributed by atoms with E-state index in [-0.39, 0.29) is 17.9 Å². The van der Waals surface area contributed by atoms with Gasteiger partial charge in [0, 0.05) is 30.4 Å². The molecule has 3 rings (SSSR count). The van der Waals surface area contributed by atoms with Crippen LogP contribution in [-0.2, 0) is 4.79 Å². The molecule has 7 nitrogen and oxygen atoms in total. The summed E-state index contributed by atoms with van der Waals surface area (Å²) in [6, 6.07) is 8.58. The van der Waals surface area contributed by atoms with Gasteiger partial charge in [-0.05, 0) is 51.5 Å². The van der Waals surface area contributed by atoms with Gasteiger partial charge in [0.15, 0.2) is 0 Å². The molecule has 2 unspecified atom stereocenters. The van der Waals surface area contributed by atoms with Gasteiger partial charge in [-0.25, -0.2) is 4.68 Å². The molecule has 2 atom stereocenters. The van der Waals surface area contributed by atoms with E-state index in [0.717, 1.165) is 17.1 Å². The van der Waals surface area contributed by atoms with Crippen LogP contribution < -0.4 is 11.1 Å². The van der Waals surface area contributed by atoms with Gasteiger partial charge in [-0.1, -0.05) is 6.07 Å². The number of aryl methyl sites for hydroxylation is 2. The number of carbonyl (C=O) groups is 2. The number of hydrogen-bond acceptors (Lipinski definition) is 4. The first-order valence-corrected chi connectivity index (χ1v) is 8.88. The molecule has 0 bridgehead atoms. The van der Waals surface area contributed by atoms with Crippen molar-refractivity contribution in [3.05, 3.63) is 47.3 Å². The SMILES string of the molecule is CCNC(=O)C1CC(N)CN1C(=O)c1cccc(-n2nc(C)cc2C)c1. The summed E-state index contributed by atoms with van der Waals surface area (Å²) in [5.41, 5.74) is 9.28. The molecule has 1 saturated heterocycles. The van der Waals surface area contributed by atoms with Gasteiger partial charge >= 0.3 is 0 Å². The van der Waals surface area contributed by atoms with Crippen LogP contribution >= 0.6 is 0 Å². The van der Waals surface area contributed by atoms with Crippen molar-refractivity contribution < 1.29 is 9.59 Å². The van der Waals surface area contributed by atoms with Crippen LogP contribution in [0.1, 0.15) is 35.1 Å². The Kier molecular flexibility index (Phi) is 5.08. The highest BCUT2D eigenvalue weighted by molar-refractivity contribution is 5.98. The minimum atomic E-state index is -0.519. The number of aromatic nitrogens is 2. The van der Waals surface area contributed by atoms with E-state index >= 15 is 0 Å². The summed E-state index contributed by atoms with van der Waals surface area (Å²) in [4.78, 5) is 26.9. The number of likely N-dealkylation sites (N-methyl/N-ethyl adjacent to an activating group) is 1. The van der Waals surface area contributed by atoms with Gasteiger partial charge in [-0.2, -0.15) is 5.10 Å². The van der Waals surface area contributed by atoms with Gasteiger partial charge < -0.3 is 16.0 Å². The number of amides is 2. The van der Waals surface area contributed by atoms with Crippen LogP contribution in [0.5, 0.6) is 0 Å². The molecule has 0 spiro atoms. The number of likely N-dealkylation sites (tertiary alicyclic amines) is 1. The number of benzene rings is 1. The van der Waals surface area contributed by atoms with Gasteiger partial charge in [-0.3, -0.25) is 9.59 Å². The Labute approximate surface area is 153 Å². The van der Waals surface area contributed by atoms with Crippen LogP contribution in [0.4, 0.5) is 0 Å². The number of nitrogens with two attached hydrogens (primary N) is 1. The monoisotopic (exact) mass is 355 g/mol. The predicted octanol–water partition coefficient (Wildman–Crippen LogP) is 1.17. The second kappa shape index (κ2) is 7.29. The number of hydrogen-bond donors (Lipinski definition) is 2. The lowest BCUT2D eigenvalue weighted by molar-refractivity contribution is -0.124. The highest BCUT2D eigenvalue weighted by atomic mass is 16.2. The molecule has 0 radical (unpaired) electrons. The van der Waals surface area contributed by atoms with E-state index in [4.69, 9.17) is 5.73 Å². The fourth-order valence-electron chi connectivity index (χ4n) is 3.46. The molecule has 0 aliphatic carbocycles. The summed E-state index contributed by atoms with van der Waals surface area (Å²) in [6.07, 6.45) is 0.481. The summed E-state index contributed by atoms with van der Waals surface area (Å²) in [5.74, 6) is -0.332. The number of carbonyl (C=O) groups excluding carboxylic acids is 2. The summed E-state index contributed by atoms with van der Waals surface area (Å²) < 4.78 is 1.81. The molecule has 1 aromatic heterocycles. The zero-order valence-corrected chi connectivity index (χ0v) is 15.4. The van der Waals surface area contributed by atoms with E-state index in [1.807, 2.05) is 43.7 Å². The average Bonchev–Trinajstić information content (AvgIpc) is 3.16. The van der Waals surface area contributed by atoms with Gasteiger partial charge in [0.05, 0.1) is 11.4 Å². The average molecular weight is 355 g/mol. The van der Waals surface area contributed by atoms with Crippen LogP contribution in [0.3, 0.4) is 0 Å². The van der Waals surface area contributed by atoms with Crippen molar-refractivity contribution in [3.63, 3.8) is 0 Å². The molecular weight excluding hydrogens is 330 g/mol. The van der Waals surface area contributed by atoms with Crippen LogP contribution in [-0.4, -0.2) is 51.7 Å². The Balaban J connectivity index is 1.88. The maximum Gasteiger partial charge on any atom is 0.254 e. The highest BCUT2D eigenvalue weighted by Gasteiger charge is 2.38. The minimum absolute atomic E-state index is 0.150. The van der Waals surface area contributed by atoms with E-state index in [9.17, 15) is 9.59 Å². The standard InChI is InChI=1S/C19H25N5O2/c1-4-21-18(25)17-10-15(20)11-23(17)19(26)14-6-5-7-16(9-14)24-13(3)8-12(2)22-24/h5-9,15,17H,4,10-11,20H2,1-3H3,(H,21,25). The molecule has 1 aromatic carbocycles. The van der Waals surface area contributed by atoms with Crippen LogP contribution in [0.25, 0.3) is 5.69 Å². The van der Waals surface area contributed by atoms with Crippen molar-refractivity contribution in [3.8, 4) is 5.69 Å². The van der Waals surface area contributed by atoms with Crippen molar-refractivity contribution in [2.45, 2.75) is 39.3 Å². The van der Waals surface area contributed by atoms with Gasteiger partial charge in [-0.15, -0.1) is 0 Å². The van der Waals surface area contributed by atoms with Gasteiger partial charge in [0.1, 0.15) is 6.04 Å². The predicted molar refractivity (Wildman–Crippen MR) is 99.1 cm³/mol. The Morgan fingerprint density at radius 2 is 2.08 bits per heavy atom. The highest BCUT2D eigenvalue weighted by Crippen LogP contribution is 2.21. The first kappa shape index (κ1) is 18.1. The molecule has 2 heterocycles.